The molecule has 3 aromatic rings. The lowest BCUT2D eigenvalue weighted by atomic mass is 10.0. The highest BCUT2D eigenvalue weighted by Gasteiger charge is 2.55. The number of thioether (sulfide) groups is 2. The first kappa shape index (κ1) is 31.5. The van der Waals surface area contributed by atoms with Crippen molar-refractivity contribution in [1.29, 1.82) is 0 Å². The fourth-order valence-corrected chi connectivity index (χ4v) is 7.63. The molecule has 2 aliphatic rings. The summed E-state index contributed by atoms with van der Waals surface area (Å²) in [6.45, 7) is 4.37. The van der Waals surface area contributed by atoms with Gasteiger partial charge >= 0.3 is 17.8 Å². The lowest BCUT2D eigenvalue weighted by Gasteiger charge is -2.49. The molecule has 4 atom stereocenters. The number of benzene rings is 1. The zero-order chi connectivity index (χ0) is 31.5. The number of β-lactam (4-membered cyclic amide) rings is 1. The van der Waals surface area contributed by atoms with Gasteiger partial charge in [0.25, 0.3) is 11.8 Å². The summed E-state index contributed by atoms with van der Waals surface area (Å²) < 4.78 is 21.3. The number of amides is 2. The molecular weight excluding hydrogens is 635 g/mol. The summed E-state index contributed by atoms with van der Waals surface area (Å²) in [5.41, 5.74) is 6.69. The van der Waals surface area contributed by atoms with E-state index in [2.05, 4.69) is 15.5 Å². The fourth-order valence-electron chi connectivity index (χ4n) is 4.33. The van der Waals surface area contributed by atoms with Crippen LogP contribution in [0.5, 0.6) is 0 Å². The summed E-state index contributed by atoms with van der Waals surface area (Å²) in [5, 5.41) is 10.9. The summed E-state index contributed by atoms with van der Waals surface area (Å²) in [5.74, 6) is -2.91. The van der Waals surface area contributed by atoms with Crippen LogP contribution < -0.4 is 16.9 Å². The summed E-state index contributed by atoms with van der Waals surface area (Å²) in [6.07, 6.45) is -1.35. The molecule has 1 fully saturated rings. The highest BCUT2D eigenvalue weighted by atomic mass is 32.2. The molecule has 232 valence electrons. The molecular formula is C27H27N5O9S3. The third-order valence-corrected chi connectivity index (χ3v) is 9.93. The van der Waals surface area contributed by atoms with Crippen LogP contribution in [0.25, 0.3) is 0 Å². The minimum Gasteiger partial charge on any atom is -0.453 e. The van der Waals surface area contributed by atoms with Crippen molar-refractivity contribution in [1.82, 2.24) is 20.4 Å². The Kier molecular flexibility index (Phi) is 9.57. The average Bonchev–Trinajstić information content (AvgIpc) is 3.58. The van der Waals surface area contributed by atoms with E-state index in [-0.39, 0.29) is 23.8 Å². The van der Waals surface area contributed by atoms with Crippen LogP contribution in [0.2, 0.25) is 0 Å². The molecule has 0 aliphatic carbocycles. The first-order valence-electron chi connectivity index (χ1n) is 13.2. The van der Waals surface area contributed by atoms with Gasteiger partial charge in [0.15, 0.2) is 22.5 Å². The number of nitrogens with two attached hydrogens (primary N) is 1. The number of nitrogens with one attached hydrogen (secondary N) is 1. The monoisotopic (exact) mass is 661 g/mol. The zero-order valence-electron chi connectivity index (χ0n) is 23.6. The lowest BCUT2D eigenvalue weighted by Crippen LogP contribution is -2.71. The molecule has 0 bridgehead atoms. The van der Waals surface area contributed by atoms with Crippen LogP contribution in [-0.4, -0.2) is 67.8 Å². The normalized spacial score (nSPS) is 19.1. The van der Waals surface area contributed by atoms with Crippen molar-refractivity contribution in [3.63, 3.8) is 0 Å². The minimum absolute atomic E-state index is 0.0319. The van der Waals surface area contributed by atoms with Crippen molar-refractivity contribution in [3.8, 4) is 0 Å². The Hall–Kier alpha value is -3.93. The molecule has 2 aliphatic heterocycles. The standard InChI is InChI=1S/C27H27N5O9S3/c1-12(28)24(35)41-20(15-7-5-4-6-8-15)21(33)29-18-22(34)32-19(25(36)38-9-17-13(2)39-27(37)40-17)16(10-42-23(18)32)11-43-26-31-30-14(3)44-26/h4-8,12,18,20,23H,9-11,28H2,1-3H3,(H,29,33)/t12-,18+,20+,23+/m0/s1. The van der Waals surface area contributed by atoms with Gasteiger partial charge < -0.3 is 29.4 Å². The van der Waals surface area contributed by atoms with Crippen LogP contribution in [0.3, 0.4) is 0 Å². The highest BCUT2D eigenvalue weighted by molar-refractivity contribution is 8.01. The largest absolute Gasteiger partial charge is 0.519 e. The predicted molar refractivity (Wildman–Crippen MR) is 158 cm³/mol. The smallest absolute Gasteiger partial charge is 0.453 e. The summed E-state index contributed by atoms with van der Waals surface area (Å²) in [4.78, 5) is 65.3. The Morgan fingerprint density at radius 2 is 1.93 bits per heavy atom. The van der Waals surface area contributed by atoms with Crippen molar-refractivity contribution in [2.75, 3.05) is 11.5 Å². The van der Waals surface area contributed by atoms with E-state index in [9.17, 15) is 24.0 Å². The number of carbonyl (C=O) groups is 4. The number of nitrogens with zero attached hydrogens (tertiary/aromatic N) is 3. The lowest BCUT2D eigenvalue weighted by molar-refractivity contribution is -0.160. The first-order valence-corrected chi connectivity index (χ1v) is 16.1. The molecule has 0 spiro atoms. The van der Waals surface area contributed by atoms with E-state index in [1.54, 1.807) is 30.3 Å². The second-order valence-electron chi connectivity index (χ2n) is 9.75. The Bertz CT molecular complexity index is 1670. The average molecular weight is 662 g/mol. The first-order chi connectivity index (χ1) is 21.0. The van der Waals surface area contributed by atoms with Crippen molar-refractivity contribution < 1.29 is 37.5 Å². The zero-order valence-corrected chi connectivity index (χ0v) is 26.1. The van der Waals surface area contributed by atoms with Crippen LogP contribution in [0.4, 0.5) is 0 Å². The number of rotatable bonds is 11. The molecule has 0 saturated carbocycles. The molecule has 0 radical (unpaired) electrons. The van der Waals surface area contributed by atoms with E-state index in [0.717, 1.165) is 5.01 Å². The molecule has 1 saturated heterocycles. The van der Waals surface area contributed by atoms with Gasteiger partial charge in [-0.25, -0.2) is 9.59 Å². The minimum atomic E-state index is -1.35. The topological polar surface area (TPSA) is 197 Å². The maximum absolute atomic E-state index is 13.5. The number of carbonyl (C=O) groups excluding carboxylic acids is 4. The maximum atomic E-state index is 13.5. The molecule has 3 N–H and O–H groups in total. The van der Waals surface area contributed by atoms with Gasteiger partial charge in [0.05, 0.1) is 0 Å². The summed E-state index contributed by atoms with van der Waals surface area (Å²) in [6, 6.07) is 6.37. The number of aryl methyl sites for hydroxylation is 2. The molecule has 5 rings (SSSR count). The molecule has 44 heavy (non-hydrogen) atoms. The molecule has 2 amide bonds. The van der Waals surface area contributed by atoms with E-state index in [1.807, 2.05) is 6.92 Å². The number of hydrogen-bond donors (Lipinski definition) is 2. The van der Waals surface area contributed by atoms with Gasteiger partial charge in [0.1, 0.15) is 28.2 Å². The number of ether oxygens (including phenoxy) is 2. The van der Waals surface area contributed by atoms with Gasteiger partial charge in [-0.3, -0.25) is 19.3 Å². The molecule has 4 heterocycles. The summed E-state index contributed by atoms with van der Waals surface area (Å²) in [7, 11) is 0. The number of hydrogen-bond acceptors (Lipinski definition) is 15. The molecule has 1 aromatic carbocycles. The van der Waals surface area contributed by atoms with Gasteiger partial charge in [0.2, 0.25) is 6.10 Å². The number of esters is 2. The van der Waals surface area contributed by atoms with E-state index in [0.29, 0.717) is 27.0 Å². The molecule has 0 unspecified atom stereocenters. The molecule has 2 aromatic heterocycles. The summed E-state index contributed by atoms with van der Waals surface area (Å²) >= 11 is 4.12. The van der Waals surface area contributed by atoms with Crippen LogP contribution in [-0.2, 0) is 35.3 Å². The third-order valence-electron chi connectivity index (χ3n) is 6.53. The van der Waals surface area contributed by atoms with E-state index in [4.69, 9.17) is 24.0 Å². The van der Waals surface area contributed by atoms with Gasteiger partial charge in [-0.05, 0) is 26.3 Å². The second-order valence-corrected chi connectivity index (χ2v) is 13.3. The molecule has 14 nitrogen and oxygen atoms in total. The van der Waals surface area contributed by atoms with Gasteiger partial charge in [-0.15, -0.1) is 22.0 Å². The van der Waals surface area contributed by atoms with E-state index < -0.39 is 53.1 Å². The van der Waals surface area contributed by atoms with Crippen LogP contribution in [0.15, 0.2) is 59.6 Å². The van der Waals surface area contributed by atoms with E-state index in [1.165, 1.54) is 53.6 Å². The quantitative estimate of drug-likeness (QED) is 0.171. The van der Waals surface area contributed by atoms with E-state index >= 15 is 0 Å². The third kappa shape index (κ3) is 6.74. The second kappa shape index (κ2) is 13.4. The Morgan fingerprint density at radius 1 is 1.18 bits per heavy atom. The number of fused-ring (bicyclic) bond motifs is 1. The highest BCUT2D eigenvalue weighted by Crippen LogP contribution is 2.42. The molecule has 17 heteroatoms. The predicted octanol–water partition coefficient (Wildman–Crippen LogP) is 1.82. The number of aromatic nitrogens is 2. The van der Waals surface area contributed by atoms with Gasteiger partial charge in [-0.1, -0.05) is 53.4 Å². The van der Waals surface area contributed by atoms with Crippen molar-refractivity contribution in [2.24, 2.45) is 5.73 Å². The Balaban J connectivity index is 1.35. The van der Waals surface area contributed by atoms with Crippen LogP contribution in [0.1, 0.15) is 35.1 Å². The Morgan fingerprint density at radius 3 is 2.57 bits per heavy atom. The fraction of sp³-hybridized carbons (Fsp3) is 0.370. The SMILES string of the molecule is Cc1nnc(SCC2=C(C(=O)OCc3oc(=O)oc3C)N3C(=O)[C@@H](NC(=O)[C@H](OC(=O)[C@H](C)N)c4ccccc4)[C@H]3SC2)s1. The van der Waals surface area contributed by atoms with Crippen molar-refractivity contribution in [3.05, 3.63) is 74.3 Å². The van der Waals surface area contributed by atoms with Crippen LogP contribution >= 0.6 is 34.9 Å². The Labute approximate surface area is 262 Å². The van der Waals surface area contributed by atoms with Gasteiger partial charge in [0, 0.05) is 17.1 Å². The van der Waals surface area contributed by atoms with Crippen molar-refractivity contribution in [2.45, 2.75) is 55.3 Å². The van der Waals surface area contributed by atoms with Crippen LogP contribution in [0, 0.1) is 13.8 Å². The van der Waals surface area contributed by atoms with Crippen molar-refractivity contribution >= 4 is 58.6 Å². The van der Waals surface area contributed by atoms with Gasteiger partial charge in [-0.2, -0.15) is 0 Å². The maximum Gasteiger partial charge on any atom is 0.519 e.